The third kappa shape index (κ3) is 8.08. The number of carboxylic acid groups (broad SMARTS) is 2. The zero-order valence-electron chi connectivity index (χ0n) is 24.7. The van der Waals surface area contributed by atoms with Gasteiger partial charge in [0.2, 0.25) is 0 Å². The Labute approximate surface area is 246 Å². The molecule has 3 N–H and O–H groups in total. The molecule has 1 fully saturated rings. The highest BCUT2D eigenvalue weighted by Crippen LogP contribution is 2.41. The van der Waals surface area contributed by atoms with Crippen LogP contribution in [0.5, 0.6) is 11.5 Å². The van der Waals surface area contributed by atoms with Crippen LogP contribution < -0.4 is 9.47 Å². The lowest BCUT2D eigenvalue weighted by atomic mass is 9.84. The van der Waals surface area contributed by atoms with E-state index in [0.717, 1.165) is 29.7 Å². The molecule has 1 aliphatic carbocycles. The van der Waals surface area contributed by atoms with Gasteiger partial charge in [-0.1, -0.05) is 26.8 Å². The maximum Gasteiger partial charge on any atom is 0.303 e. The average Bonchev–Trinajstić information content (AvgIpc) is 3.72. The fourth-order valence-electron chi connectivity index (χ4n) is 4.97. The number of rotatable bonds is 16. The molecule has 1 aromatic carbocycles. The van der Waals surface area contributed by atoms with Crippen molar-refractivity contribution in [2.75, 3.05) is 19.8 Å². The van der Waals surface area contributed by atoms with Crippen molar-refractivity contribution in [3.05, 3.63) is 52.3 Å². The van der Waals surface area contributed by atoms with Crippen molar-refractivity contribution in [3.63, 3.8) is 0 Å². The van der Waals surface area contributed by atoms with Crippen LogP contribution in [0.3, 0.4) is 0 Å². The maximum absolute atomic E-state index is 13.7. The Balaban J connectivity index is 1.54. The number of amidine groups is 1. The number of carbonyl (C=O) groups excluding carboxylic acids is 1. The monoisotopic (exact) mass is 579 g/mol. The lowest BCUT2D eigenvalue weighted by Gasteiger charge is -2.26. The summed E-state index contributed by atoms with van der Waals surface area (Å²) < 4.78 is 12.3. The molecule has 42 heavy (non-hydrogen) atoms. The number of ketones is 1. The number of hydrogen-bond acceptors (Lipinski definition) is 7. The van der Waals surface area contributed by atoms with Crippen LogP contribution in [0.2, 0.25) is 0 Å². The molecule has 226 valence electrons. The third-order valence-electron chi connectivity index (χ3n) is 7.49. The number of Topliss-reactive ketones (excluding diaryl/α,β-unsaturated/α-hetero) is 1. The first kappa shape index (κ1) is 31.0. The number of aromatic nitrogens is 1. The van der Waals surface area contributed by atoms with E-state index < -0.39 is 17.4 Å². The number of carboxylic acids is 2. The Morgan fingerprint density at radius 1 is 0.976 bits per heavy atom. The van der Waals surface area contributed by atoms with Gasteiger partial charge in [0.05, 0.1) is 19.8 Å². The van der Waals surface area contributed by atoms with Gasteiger partial charge in [0.25, 0.3) is 0 Å². The molecule has 0 atom stereocenters. The molecule has 1 aliphatic heterocycles. The molecule has 2 heterocycles. The van der Waals surface area contributed by atoms with Gasteiger partial charge in [-0.3, -0.25) is 19.8 Å². The van der Waals surface area contributed by atoms with E-state index in [2.05, 4.69) is 0 Å². The van der Waals surface area contributed by atoms with E-state index in [1.807, 2.05) is 39.0 Å². The molecular formula is C32H41N3O7. The Morgan fingerprint density at radius 2 is 1.62 bits per heavy atom. The zero-order valence-corrected chi connectivity index (χ0v) is 24.7. The molecule has 0 amide bonds. The van der Waals surface area contributed by atoms with Crippen molar-refractivity contribution in [2.24, 2.45) is 0 Å². The minimum absolute atomic E-state index is 0.0188. The van der Waals surface area contributed by atoms with Crippen molar-refractivity contribution in [2.45, 2.75) is 90.0 Å². The Kier molecular flexibility index (Phi) is 9.85. The van der Waals surface area contributed by atoms with E-state index >= 15 is 0 Å². The lowest BCUT2D eigenvalue weighted by molar-refractivity contribution is -0.138. The Bertz CT molecular complexity index is 1340. The highest BCUT2D eigenvalue weighted by atomic mass is 16.5. The number of benzene rings is 1. The zero-order chi connectivity index (χ0) is 30.4. The third-order valence-corrected chi connectivity index (χ3v) is 7.49. The number of nitrogens with zero attached hydrogens (tertiary/aromatic N) is 2. The van der Waals surface area contributed by atoms with Gasteiger partial charge in [0.1, 0.15) is 11.5 Å². The second kappa shape index (κ2) is 13.4. The number of aliphatic carboxylic acids is 2. The average molecular weight is 580 g/mol. The lowest BCUT2D eigenvalue weighted by Crippen LogP contribution is -2.30. The van der Waals surface area contributed by atoms with Crippen LogP contribution in [0, 0.1) is 5.41 Å². The minimum atomic E-state index is -0.864. The van der Waals surface area contributed by atoms with Crippen molar-refractivity contribution in [3.8, 4) is 11.5 Å². The first-order valence-electron chi connectivity index (χ1n) is 14.7. The van der Waals surface area contributed by atoms with Gasteiger partial charge in [-0.2, -0.15) is 0 Å². The predicted octanol–water partition coefficient (Wildman–Crippen LogP) is 5.55. The molecule has 0 bridgehead atoms. The van der Waals surface area contributed by atoms with Gasteiger partial charge in [0.15, 0.2) is 17.3 Å². The highest BCUT2D eigenvalue weighted by molar-refractivity contribution is 6.04. The minimum Gasteiger partial charge on any atom is -0.490 e. The van der Waals surface area contributed by atoms with Gasteiger partial charge in [-0.25, -0.2) is 4.98 Å². The van der Waals surface area contributed by atoms with Crippen LogP contribution >= 0.6 is 0 Å². The van der Waals surface area contributed by atoms with Crippen LogP contribution in [0.4, 0.5) is 0 Å². The standard InChI is InChI=1S/C32H41N3O7/c1-32(2,3)23-16-22(25(36)19-35-18-21-12-13-24(20-10-11-20)34-29(21)31(35)33)17-26(41-14-6-4-8-27(37)38)30(23)42-15-7-5-9-28(39)40/h12-13,16-17,20,33H,4-11,14-15,18-19H2,1-3H3,(H,37,38)(H,39,40). The number of nitrogens with one attached hydrogen (secondary N) is 1. The number of unbranched alkanes of at least 4 members (excludes halogenated alkanes) is 2. The van der Waals surface area contributed by atoms with Crippen LogP contribution in [0.25, 0.3) is 0 Å². The largest absolute Gasteiger partial charge is 0.490 e. The van der Waals surface area contributed by atoms with E-state index in [1.54, 1.807) is 11.0 Å². The van der Waals surface area contributed by atoms with E-state index in [9.17, 15) is 14.4 Å². The molecule has 0 radical (unpaired) electrons. The summed E-state index contributed by atoms with van der Waals surface area (Å²) in [6.45, 7) is 7.06. The summed E-state index contributed by atoms with van der Waals surface area (Å²) >= 11 is 0. The predicted molar refractivity (Wildman–Crippen MR) is 157 cm³/mol. The normalized spacial score (nSPS) is 14.5. The highest BCUT2D eigenvalue weighted by Gasteiger charge is 2.32. The van der Waals surface area contributed by atoms with Crippen LogP contribution in [0.1, 0.15) is 111 Å². The number of fused-ring (bicyclic) bond motifs is 1. The van der Waals surface area contributed by atoms with Gasteiger partial charge < -0.3 is 24.6 Å². The summed E-state index contributed by atoms with van der Waals surface area (Å²) in [5.74, 6) is -0.239. The van der Waals surface area contributed by atoms with Gasteiger partial charge in [0, 0.05) is 47.7 Å². The Hall–Kier alpha value is -3.95. The van der Waals surface area contributed by atoms with Gasteiger partial charge >= 0.3 is 11.9 Å². The summed E-state index contributed by atoms with van der Waals surface area (Å²) in [5.41, 5.74) is 3.43. The smallest absolute Gasteiger partial charge is 0.303 e. The fourth-order valence-corrected chi connectivity index (χ4v) is 4.97. The summed E-state index contributed by atoms with van der Waals surface area (Å²) in [6, 6.07) is 7.54. The van der Waals surface area contributed by atoms with Crippen molar-refractivity contribution in [1.82, 2.24) is 9.88 Å². The number of ether oxygens (including phenoxy) is 2. The SMILES string of the molecule is CC(C)(C)c1cc(C(=O)CN2Cc3ccc(C4CC4)nc3C2=N)cc(OCCCCC(=O)O)c1OCCCCC(=O)O. The van der Waals surface area contributed by atoms with Gasteiger partial charge in [-0.15, -0.1) is 0 Å². The summed E-state index contributed by atoms with van der Waals surface area (Å²) in [6.07, 6.45) is 4.36. The molecular weight excluding hydrogens is 538 g/mol. The quantitative estimate of drug-likeness (QED) is 0.172. The van der Waals surface area contributed by atoms with Crippen LogP contribution in [0.15, 0.2) is 24.3 Å². The summed E-state index contributed by atoms with van der Waals surface area (Å²) in [5, 5.41) is 26.6. The van der Waals surface area contributed by atoms with E-state index in [4.69, 9.17) is 30.1 Å². The molecule has 10 nitrogen and oxygen atoms in total. The molecule has 2 aliphatic rings. The van der Waals surface area contributed by atoms with Crippen LogP contribution in [-0.2, 0) is 21.5 Å². The number of pyridine rings is 1. The van der Waals surface area contributed by atoms with Crippen molar-refractivity contribution in [1.29, 1.82) is 5.41 Å². The fraction of sp³-hybridized carbons (Fsp3) is 0.531. The Morgan fingerprint density at radius 3 is 2.21 bits per heavy atom. The molecule has 0 spiro atoms. The van der Waals surface area contributed by atoms with E-state index in [-0.39, 0.29) is 44.2 Å². The second-order valence-electron chi connectivity index (χ2n) is 12.1. The second-order valence-corrected chi connectivity index (χ2v) is 12.1. The number of hydrogen-bond donors (Lipinski definition) is 3. The maximum atomic E-state index is 13.7. The molecule has 10 heteroatoms. The topological polar surface area (TPSA) is 150 Å². The van der Waals surface area contributed by atoms with Crippen molar-refractivity contribution >= 4 is 23.6 Å². The first-order valence-corrected chi connectivity index (χ1v) is 14.7. The summed E-state index contributed by atoms with van der Waals surface area (Å²) in [4.78, 5) is 41.9. The summed E-state index contributed by atoms with van der Waals surface area (Å²) in [7, 11) is 0. The molecule has 1 aromatic heterocycles. The van der Waals surface area contributed by atoms with Crippen LogP contribution in [-0.4, -0.2) is 63.4 Å². The molecule has 0 unspecified atom stereocenters. The molecule has 0 saturated heterocycles. The van der Waals surface area contributed by atoms with Crippen molar-refractivity contribution < 1.29 is 34.1 Å². The van der Waals surface area contributed by atoms with E-state index in [0.29, 0.717) is 60.9 Å². The molecule has 2 aromatic rings. The number of carbonyl (C=O) groups is 3. The van der Waals surface area contributed by atoms with Gasteiger partial charge in [-0.05, 0) is 62.1 Å². The molecule has 1 saturated carbocycles. The first-order chi connectivity index (χ1) is 19.9. The molecule has 4 rings (SSSR count). The van der Waals surface area contributed by atoms with E-state index in [1.165, 1.54) is 0 Å².